The molecule has 1 aromatic rings. The third-order valence-corrected chi connectivity index (χ3v) is 5.16. The maximum Gasteiger partial charge on any atom is 0.308 e. The first-order chi connectivity index (χ1) is 13.5. The Morgan fingerprint density at radius 2 is 1.79 bits per heavy atom. The van der Waals surface area contributed by atoms with Crippen LogP contribution in [-0.4, -0.2) is 41.7 Å². The van der Waals surface area contributed by atoms with Gasteiger partial charge in [-0.05, 0) is 25.0 Å². The summed E-state index contributed by atoms with van der Waals surface area (Å²) in [6.45, 7) is -0.534. The lowest BCUT2D eigenvalue weighted by atomic mass is 9.81. The number of carbonyl (C=O) groups is 4. The van der Waals surface area contributed by atoms with Crippen molar-refractivity contribution >= 4 is 29.4 Å². The van der Waals surface area contributed by atoms with Crippen LogP contribution < -0.4 is 5.32 Å². The van der Waals surface area contributed by atoms with Crippen LogP contribution in [0.3, 0.4) is 0 Å². The molecule has 1 saturated carbocycles. The number of esters is 1. The summed E-state index contributed by atoms with van der Waals surface area (Å²) in [7, 11) is 0. The highest BCUT2D eigenvalue weighted by Crippen LogP contribution is 2.37. The van der Waals surface area contributed by atoms with Gasteiger partial charge in [-0.3, -0.25) is 24.1 Å². The number of rotatable bonds is 6. The van der Waals surface area contributed by atoms with Crippen molar-refractivity contribution in [2.45, 2.75) is 32.1 Å². The molecule has 0 bridgehead atoms. The second kappa shape index (κ2) is 8.65. The van der Waals surface area contributed by atoms with Crippen LogP contribution in [0.4, 0.5) is 5.69 Å². The molecule has 0 spiro atoms. The van der Waals surface area contributed by atoms with Gasteiger partial charge in [0.25, 0.3) is 5.91 Å². The first-order valence-corrected chi connectivity index (χ1v) is 9.31. The van der Waals surface area contributed by atoms with Crippen molar-refractivity contribution in [2.75, 3.05) is 18.5 Å². The first kappa shape index (κ1) is 19.5. The van der Waals surface area contributed by atoms with Gasteiger partial charge in [0.2, 0.25) is 11.8 Å². The number of nitrogens with zero attached hydrogens (tertiary/aromatic N) is 2. The molecule has 1 aliphatic heterocycles. The molecule has 0 aromatic heterocycles. The SMILES string of the molecule is N#Cc1ccccc1NC(=O)COC(=O)CCN1C(=O)[C@@H]2CCCC[C@H]2C1=O. The van der Waals surface area contributed by atoms with Gasteiger partial charge in [-0.25, -0.2) is 0 Å². The van der Waals surface area contributed by atoms with E-state index in [4.69, 9.17) is 10.00 Å². The largest absolute Gasteiger partial charge is 0.456 e. The van der Waals surface area contributed by atoms with E-state index >= 15 is 0 Å². The molecular formula is C20H21N3O5. The fraction of sp³-hybridized carbons (Fsp3) is 0.450. The van der Waals surface area contributed by atoms with E-state index in [0.717, 1.165) is 30.6 Å². The zero-order valence-corrected chi connectivity index (χ0v) is 15.3. The topological polar surface area (TPSA) is 117 Å². The van der Waals surface area contributed by atoms with Crippen molar-refractivity contribution in [3.05, 3.63) is 29.8 Å². The van der Waals surface area contributed by atoms with Gasteiger partial charge in [0.05, 0.1) is 29.5 Å². The van der Waals surface area contributed by atoms with E-state index in [1.165, 1.54) is 0 Å². The molecule has 1 aromatic carbocycles. The highest BCUT2D eigenvalue weighted by atomic mass is 16.5. The van der Waals surface area contributed by atoms with E-state index in [9.17, 15) is 19.2 Å². The number of hydrogen-bond donors (Lipinski definition) is 1. The number of nitriles is 1. The molecule has 2 aliphatic rings. The van der Waals surface area contributed by atoms with Crippen molar-refractivity contribution in [2.24, 2.45) is 11.8 Å². The summed E-state index contributed by atoms with van der Waals surface area (Å²) in [5.74, 6) is -2.14. The Morgan fingerprint density at radius 1 is 1.14 bits per heavy atom. The fourth-order valence-corrected chi connectivity index (χ4v) is 3.75. The minimum absolute atomic E-state index is 0.0254. The molecule has 2 atom stereocenters. The van der Waals surface area contributed by atoms with E-state index in [1.807, 2.05) is 6.07 Å². The first-order valence-electron chi connectivity index (χ1n) is 9.31. The number of carbonyl (C=O) groups excluding carboxylic acids is 4. The zero-order chi connectivity index (χ0) is 20.1. The van der Waals surface area contributed by atoms with Gasteiger partial charge >= 0.3 is 5.97 Å². The lowest BCUT2D eigenvalue weighted by Gasteiger charge is -2.19. The summed E-state index contributed by atoms with van der Waals surface area (Å²) in [6, 6.07) is 8.43. The minimum Gasteiger partial charge on any atom is -0.456 e. The predicted octanol–water partition coefficient (Wildman–Crippen LogP) is 1.61. The Hall–Kier alpha value is -3.21. The smallest absolute Gasteiger partial charge is 0.308 e. The number of benzene rings is 1. The summed E-state index contributed by atoms with van der Waals surface area (Å²) in [5.41, 5.74) is 0.636. The predicted molar refractivity (Wildman–Crippen MR) is 97.5 cm³/mol. The van der Waals surface area contributed by atoms with Crippen molar-refractivity contribution in [3.63, 3.8) is 0 Å². The number of para-hydroxylation sites is 1. The monoisotopic (exact) mass is 383 g/mol. The normalized spacial score (nSPS) is 21.0. The lowest BCUT2D eigenvalue weighted by Crippen LogP contribution is -2.33. The van der Waals surface area contributed by atoms with Crippen LogP contribution >= 0.6 is 0 Å². The molecule has 8 heteroatoms. The van der Waals surface area contributed by atoms with Crippen molar-refractivity contribution in [3.8, 4) is 6.07 Å². The van der Waals surface area contributed by atoms with E-state index < -0.39 is 18.5 Å². The quantitative estimate of drug-likeness (QED) is 0.589. The van der Waals surface area contributed by atoms with Gasteiger partial charge in [-0.1, -0.05) is 25.0 Å². The second-order valence-corrected chi connectivity index (χ2v) is 6.94. The van der Waals surface area contributed by atoms with Gasteiger partial charge in [-0.15, -0.1) is 0 Å². The number of amides is 3. The van der Waals surface area contributed by atoms with Gasteiger partial charge in [0.1, 0.15) is 6.07 Å². The minimum atomic E-state index is -0.667. The molecule has 0 radical (unpaired) electrons. The molecule has 3 rings (SSSR count). The van der Waals surface area contributed by atoms with Crippen LogP contribution in [-0.2, 0) is 23.9 Å². The van der Waals surface area contributed by atoms with E-state index in [2.05, 4.69) is 5.32 Å². The van der Waals surface area contributed by atoms with E-state index in [1.54, 1.807) is 24.3 Å². The van der Waals surface area contributed by atoms with Crippen LogP contribution in [0.5, 0.6) is 0 Å². The fourth-order valence-electron chi connectivity index (χ4n) is 3.75. The number of nitrogens with one attached hydrogen (secondary N) is 1. The standard InChI is InChI=1S/C20H21N3O5/c21-11-13-5-1-4-8-16(13)22-17(24)12-28-18(25)9-10-23-19(26)14-6-2-3-7-15(14)20(23)27/h1,4-5,8,14-15H,2-3,6-7,9-10,12H2,(H,22,24)/t14-,15-/m1/s1. The van der Waals surface area contributed by atoms with Gasteiger partial charge < -0.3 is 10.1 Å². The molecular weight excluding hydrogens is 362 g/mol. The maximum atomic E-state index is 12.4. The van der Waals surface area contributed by atoms with E-state index in [0.29, 0.717) is 11.3 Å². The Balaban J connectivity index is 1.45. The molecule has 146 valence electrons. The molecule has 28 heavy (non-hydrogen) atoms. The summed E-state index contributed by atoms with van der Waals surface area (Å²) in [4.78, 5) is 49.7. The number of ether oxygens (including phenoxy) is 1. The summed E-state index contributed by atoms with van der Waals surface area (Å²) in [5, 5.41) is 11.5. The molecule has 1 N–H and O–H groups in total. The number of imide groups is 1. The second-order valence-electron chi connectivity index (χ2n) is 6.94. The molecule has 8 nitrogen and oxygen atoms in total. The zero-order valence-electron chi connectivity index (χ0n) is 15.3. The van der Waals surface area contributed by atoms with Crippen molar-refractivity contribution < 1.29 is 23.9 Å². The summed E-state index contributed by atoms with van der Waals surface area (Å²) in [6.07, 6.45) is 3.18. The third kappa shape index (κ3) is 4.19. The van der Waals surface area contributed by atoms with Crippen molar-refractivity contribution in [1.29, 1.82) is 5.26 Å². The Bertz CT molecular complexity index is 820. The van der Waals surface area contributed by atoms with Gasteiger partial charge in [0, 0.05) is 6.54 Å². The van der Waals surface area contributed by atoms with Crippen molar-refractivity contribution in [1.82, 2.24) is 4.90 Å². The van der Waals surface area contributed by atoms with Crippen LogP contribution in [0.1, 0.15) is 37.7 Å². The number of likely N-dealkylation sites (tertiary alicyclic amines) is 1. The van der Waals surface area contributed by atoms with Gasteiger partial charge in [0.15, 0.2) is 6.61 Å². The van der Waals surface area contributed by atoms with Gasteiger partial charge in [-0.2, -0.15) is 5.26 Å². The molecule has 3 amide bonds. The van der Waals surface area contributed by atoms with E-state index in [-0.39, 0.29) is 36.6 Å². The number of hydrogen-bond acceptors (Lipinski definition) is 6. The highest BCUT2D eigenvalue weighted by molar-refractivity contribution is 6.05. The third-order valence-electron chi connectivity index (χ3n) is 5.16. The summed E-state index contributed by atoms with van der Waals surface area (Å²) >= 11 is 0. The Labute approximate surface area is 162 Å². The van der Waals surface area contributed by atoms with Crippen LogP contribution in [0, 0.1) is 23.2 Å². The maximum absolute atomic E-state index is 12.4. The number of fused-ring (bicyclic) bond motifs is 1. The van der Waals surface area contributed by atoms with Crippen LogP contribution in [0.2, 0.25) is 0 Å². The Morgan fingerprint density at radius 3 is 2.43 bits per heavy atom. The summed E-state index contributed by atoms with van der Waals surface area (Å²) < 4.78 is 4.92. The Kier molecular flexibility index (Phi) is 6.04. The average Bonchev–Trinajstić information content (AvgIpc) is 2.95. The van der Waals surface area contributed by atoms with Crippen LogP contribution in [0.25, 0.3) is 0 Å². The lowest BCUT2D eigenvalue weighted by molar-refractivity contribution is -0.148. The van der Waals surface area contributed by atoms with Crippen LogP contribution in [0.15, 0.2) is 24.3 Å². The molecule has 1 heterocycles. The molecule has 0 unspecified atom stereocenters. The molecule has 1 aliphatic carbocycles. The molecule has 2 fully saturated rings. The highest BCUT2D eigenvalue weighted by Gasteiger charge is 2.47. The number of anilines is 1. The molecule has 1 saturated heterocycles. The average molecular weight is 383 g/mol.